The van der Waals surface area contributed by atoms with Crippen molar-refractivity contribution < 1.29 is 23.5 Å². The Morgan fingerprint density at radius 1 is 1.09 bits per heavy atom. The number of Topliss-reactive ketones (excluding diaryl/α,β-unsaturated/α-hetero) is 1. The lowest BCUT2D eigenvalue weighted by atomic mass is 9.71. The van der Waals surface area contributed by atoms with Crippen molar-refractivity contribution in [2.75, 3.05) is 20.3 Å². The lowest BCUT2D eigenvalue weighted by Gasteiger charge is -2.37. The molecule has 0 fully saturated rings. The van der Waals surface area contributed by atoms with Gasteiger partial charge in [0.15, 0.2) is 5.78 Å². The summed E-state index contributed by atoms with van der Waals surface area (Å²) in [5, 5.41) is 3.95. The standard InChI is InChI=1S/C26H24Cl2FNO4/c1-14-22(26(32)34-11-10-33-2)25(23-18(28)8-5-9-19(23)29)24-20(30-14)12-15(13-21(24)31)16-6-3-4-7-17(16)27/h3-9,15,25,30H,10-13H2,1-2H3/t15-,25+/m0/s1. The van der Waals surface area contributed by atoms with Crippen molar-refractivity contribution in [2.45, 2.75) is 31.6 Å². The van der Waals surface area contributed by atoms with Gasteiger partial charge in [0.2, 0.25) is 0 Å². The SMILES string of the molecule is COCCOC(=O)C1=C(C)NC2=C(C(=O)C[C@@H](c3ccccc3Cl)C2)[C@H]1c1c(F)cccc1Cl. The predicted octanol–water partition coefficient (Wildman–Crippen LogP) is 5.68. The number of halogens is 3. The average molecular weight is 504 g/mol. The molecule has 2 aromatic rings. The molecule has 0 unspecified atom stereocenters. The number of methoxy groups -OCH3 is 1. The Kier molecular flexibility index (Phi) is 7.41. The number of dihydropyridines is 1. The Hall–Kier alpha value is -2.67. The summed E-state index contributed by atoms with van der Waals surface area (Å²) in [4.78, 5) is 26.7. The minimum absolute atomic E-state index is 0.0261. The molecule has 1 aliphatic carbocycles. The quantitative estimate of drug-likeness (QED) is 0.405. The van der Waals surface area contributed by atoms with Crippen LogP contribution in [0.5, 0.6) is 0 Å². The Bertz CT molecular complexity index is 1190. The van der Waals surface area contributed by atoms with E-state index in [1.165, 1.54) is 19.2 Å². The monoisotopic (exact) mass is 503 g/mol. The summed E-state index contributed by atoms with van der Waals surface area (Å²) >= 11 is 12.8. The fourth-order valence-electron chi connectivity index (χ4n) is 4.71. The number of benzene rings is 2. The van der Waals surface area contributed by atoms with Crippen molar-refractivity contribution in [1.82, 2.24) is 5.32 Å². The minimum Gasteiger partial charge on any atom is -0.460 e. The topological polar surface area (TPSA) is 64.6 Å². The van der Waals surface area contributed by atoms with Gasteiger partial charge in [-0.05, 0) is 43.0 Å². The average Bonchev–Trinajstić information content (AvgIpc) is 2.78. The third-order valence-corrected chi connectivity index (χ3v) is 6.88. The van der Waals surface area contributed by atoms with Crippen molar-refractivity contribution in [3.05, 3.63) is 92.0 Å². The second-order valence-corrected chi connectivity index (χ2v) is 9.12. The van der Waals surface area contributed by atoms with E-state index >= 15 is 4.39 Å². The number of carbonyl (C=O) groups is 2. The molecule has 1 heterocycles. The van der Waals surface area contributed by atoms with Gasteiger partial charge in [0.1, 0.15) is 12.4 Å². The number of carbonyl (C=O) groups excluding carboxylic acids is 2. The van der Waals surface area contributed by atoms with Gasteiger partial charge in [0, 0.05) is 46.1 Å². The minimum atomic E-state index is -0.986. The Labute approximate surface area is 207 Å². The lowest BCUT2D eigenvalue weighted by Crippen LogP contribution is -2.36. The van der Waals surface area contributed by atoms with E-state index in [-0.39, 0.29) is 47.5 Å². The first-order valence-electron chi connectivity index (χ1n) is 10.9. The third-order valence-electron chi connectivity index (χ3n) is 6.20. The van der Waals surface area contributed by atoms with Crippen LogP contribution in [0.15, 0.2) is 65.0 Å². The highest BCUT2D eigenvalue weighted by atomic mass is 35.5. The number of ketones is 1. The molecule has 8 heteroatoms. The predicted molar refractivity (Wildman–Crippen MR) is 128 cm³/mol. The van der Waals surface area contributed by atoms with Crippen LogP contribution in [0.4, 0.5) is 4.39 Å². The van der Waals surface area contributed by atoms with E-state index in [1.54, 1.807) is 19.1 Å². The molecule has 0 aromatic heterocycles. The molecule has 0 saturated carbocycles. The van der Waals surface area contributed by atoms with Crippen molar-refractivity contribution in [3.63, 3.8) is 0 Å². The van der Waals surface area contributed by atoms with E-state index in [4.69, 9.17) is 32.7 Å². The zero-order valence-corrected chi connectivity index (χ0v) is 20.3. The van der Waals surface area contributed by atoms with Gasteiger partial charge in [0.05, 0.1) is 18.1 Å². The fourth-order valence-corrected chi connectivity index (χ4v) is 5.27. The molecule has 1 aliphatic heterocycles. The van der Waals surface area contributed by atoms with Crippen molar-refractivity contribution >= 4 is 35.0 Å². The lowest BCUT2D eigenvalue weighted by molar-refractivity contribution is -0.140. The molecular formula is C26H24Cl2FNO4. The van der Waals surface area contributed by atoms with Crippen LogP contribution in [0.25, 0.3) is 0 Å². The second kappa shape index (κ2) is 10.3. The van der Waals surface area contributed by atoms with Crippen LogP contribution in [-0.2, 0) is 19.1 Å². The first-order valence-corrected chi connectivity index (χ1v) is 11.7. The molecule has 5 nitrogen and oxygen atoms in total. The van der Waals surface area contributed by atoms with E-state index in [9.17, 15) is 9.59 Å². The Balaban J connectivity index is 1.81. The third kappa shape index (κ3) is 4.63. The molecular weight excluding hydrogens is 480 g/mol. The van der Waals surface area contributed by atoms with Crippen LogP contribution in [0, 0.1) is 5.82 Å². The summed E-state index contributed by atoms with van der Waals surface area (Å²) in [6.07, 6.45) is 0.661. The molecule has 0 radical (unpaired) electrons. The molecule has 1 N–H and O–H groups in total. The summed E-state index contributed by atoms with van der Waals surface area (Å²) < 4.78 is 25.5. The molecule has 2 atom stereocenters. The molecule has 34 heavy (non-hydrogen) atoms. The summed E-state index contributed by atoms with van der Waals surface area (Å²) in [5.74, 6) is -2.58. The molecule has 178 valence electrons. The van der Waals surface area contributed by atoms with Gasteiger partial charge in [-0.25, -0.2) is 9.18 Å². The number of esters is 1. The molecule has 0 saturated heterocycles. The number of nitrogens with one attached hydrogen (secondary N) is 1. The Morgan fingerprint density at radius 2 is 1.82 bits per heavy atom. The van der Waals surface area contributed by atoms with E-state index in [2.05, 4.69) is 5.32 Å². The van der Waals surface area contributed by atoms with Crippen LogP contribution in [0.1, 0.15) is 42.7 Å². The largest absolute Gasteiger partial charge is 0.460 e. The van der Waals surface area contributed by atoms with Crippen LogP contribution < -0.4 is 5.32 Å². The zero-order valence-electron chi connectivity index (χ0n) is 18.8. The van der Waals surface area contributed by atoms with Gasteiger partial charge in [-0.2, -0.15) is 0 Å². The molecule has 0 bridgehead atoms. The molecule has 2 aromatic carbocycles. The number of rotatable bonds is 6. The number of hydrogen-bond acceptors (Lipinski definition) is 5. The smallest absolute Gasteiger partial charge is 0.336 e. The Morgan fingerprint density at radius 3 is 2.53 bits per heavy atom. The zero-order chi connectivity index (χ0) is 24.4. The highest BCUT2D eigenvalue weighted by Crippen LogP contribution is 2.48. The van der Waals surface area contributed by atoms with E-state index in [1.807, 2.05) is 18.2 Å². The maximum absolute atomic E-state index is 15.1. The van der Waals surface area contributed by atoms with Crippen LogP contribution in [0.2, 0.25) is 10.0 Å². The van der Waals surface area contributed by atoms with Crippen molar-refractivity contribution in [3.8, 4) is 0 Å². The molecule has 0 amide bonds. The first kappa shape index (κ1) is 24.5. The highest BCUT2D eigenvalue weighted by molar-refractivity contribution is 6.32. The van der Waals surface area contributed by atoms with E-state index in [0.717, 1.165) is 5.56 Å². The fraction of sp³-hybridized carbons (Fsp3) is 0.308. The van der Waals surface area contributed by atoms with Gasteiger partial charge >= 0.3 is 5.97 Å². The number of ether oxygens (including phenoxy) is 2. The van der Waals surface area contributed by atoms with Crippen LogP contribution in [0.3, 0.4) is 0 Å². The van der Waals surface area contributed by atoms with Crippen LogP contribution in [-0.4, -0.2) is 32.1 Å². The van der Waals surface area contributed by atoms with Gasteiger partial charge in [-0.15, -0.1) is 0 Å². The second-order valence-electron chi connectivity index (χ2n) is 8.30. The van der Waals surface area contributed by atoms with E-state index < -0.39 is 17.7 Å². The van der Waals surface area contributed by atoms with E-state index in [0.29, 0.717) is 28.4 Å². The summed E-state index contributed by atoms with van der Waals surface area (Å²) in [5.41, 5.74) is 2.57. The van der Waals surface area contributed by atoms with Gasteiger partial charge in [0.25, 0.3) is 0 Å². The highest BCUT2D eigenvalue weighted by Gasteiger charge is 2.43. The van der Waals surface area contributed by atoms with Gasteiger partial charge < -0.3 is 14.8 Å². The maximum Gasteiger partial charge on any atom is 0.336 e. The maximum atomic E-state index is 15.1. The molecule has 4 rings (SSSR count). The number of hydrogen-bond donors (Lipinski definition) is 1. The van der Waals surface area contributed by atoms with Gasteiger partial charge in [-0.1, -0.05) is 47.5 Å². The molecule has 2 aliphatic rings. The van der Waals surface area contributed by atoms with Gasteiger partial charge in [-0.3, -0.25) is 4.79 Å². The summed E-state index contributed by atoms with van der Waals surface area (Å²) in [6, 6.07) is 11.7. The first-order chi connectivity index (χ1) is 16.3. The van der Waals surface area contributed by atoms with Crippen LogP contribution >= 0.6 is 23.2 Å². The number of allylic oxidation sites excluding steroid dienone is 3. The van der Waals surface area contributed by atoms with Crippen molar-refractivity contribution in [1.29, 1.82) is 0 Å². The van der Waals surface area contributed by atoms with Crippen molar-refractivity contribution in [2.24, 2.45) is 0 Å². The summed E-state index contributed by atoms with van der Waals surface area (Å²) in [6.45, 7) is 1.95. The normalized spacial score (nSPS) is 20.2. The molecule has 0 spiro atoms. The summed E-state index contributed by atoms with van der Waals surface area (Å²) in [7, 11) is 1.50.